The number of ether oxygens (including phenoxy) is 1. The van der Waals surface area contributed by atoms with Crippen LogP contribution in [0.15, 0.2) is 71.9 Å². The summed E-state index contributed by atoms with van der Waals surface area (Å²) in [5, 5.41) is 22.6. The van der Waals surface area contributed by atoms with Gasteiger partial charge >= 0.3 is 0 Å². The molecule has 33 heavy (non-hydrogen) atoms. The second kappa shape index (κ2) is 9.79. The molecule has 0 unspecified atom stereocenters. The molecule has 7 nitrogen and oxygen atoms in total. The zero-order chi connectivity index (χ0) is 23.4. The monoisotopic (exact) mass is 460 g/mol. The van der Waals surface area contributed by atoms with E-state index in [1.165, 1.54) is 11.8 Å². The van der Waals surface area contributed by atoms with E-state index in [0.717, 1.165) is 22.6 Å². The molecule has 1 amide bonds. The number of carbonyl (C=O) groups excluding carboxylic acids is 1. The van der Waals surface area contributed by atoms with Gasteiger partial charge in [0.25, 0.3) is 0 Å². The number of rotatable bonds is 7. The Morgan fingerprint density at radius 1 is 1.06 bits per heavy atom. The summed E-state index contributed by atoms with van der Waals surface area (Å²) in [6.07, 6.45) is 0. The Kier molecular flexibility index (Phi) is 6.65. The maximum Gasteiger partial charge on any atom is 0.234 e. The number of hydrogen-bond donors (Lipinski definition) is 2. The Morgan fingerprint density at radius 2 is 1.82 bits per heavy atom. The van der Waals surface area contributed by atoms with E-state index in [2.05, 4.69) is 21.6 Å². The fourth-order valence-electron chi connectivity index (χ4n) is 3.48. The van der Waals surface area contributed by atoms with E-state index in [-0.39, 0.29) is 17.4 Å². The number of amides is 1. The van der Waals surface area contributed by atoms with Crippen LogP contribution in [-0.2, 0) is 4.79 Å². The molecule has 4 rings (SSSR count). The SMILES string of the molecule is COc1ccc(NC(=O)CSc2nnc(-c3ccccc3O)n2-c2ccc(C)cc2C)cc1. The van der Waals surface area contributed by atoms with Gasteiger partial charge in [-0.15, -0.1) is 10.2 Å². The summed E-state index contributed by atoms with van der Waals surface area (Å²) in [5.41, 5.74) is 4.33. The van der Waals surface area contributed by atoms with Gasteiger partial charge in [-0.1, -0.05) is 41.6 Å². The molecular formula is C25H24N4O3S. The van der Waals surface area contributed by atoms with Crippen LogP contribution in [0, 0.1) is 13.8 Å². The number of aromatic nitrogens is 3. The summed E-state index contributed by atoms with van der Waals surface area (Å²) in [7, 11) is 1.60. The number of para-hydroxylation sites is 1. The molecule has 0 atom stereocenters. The lowest BCUT2D eigenvalue weighted by atomic mass is 10.1. The first-order valence-electron chi connectivity index (χ1n) is 10.3. The highest BCUT2D eigenvalue weighted by molar-refractivity contribution is 7.99. The molecule has 0 saturated carbocycles. The number of nitrogens with zero attached hydrogens (tertiary/aromatic N) is 3. The van der Waals surface area contributed by atoms with Crippen LogP contribution in [0.2, 0.25) is 0 Å². The largest absolute Gasteiger partial charge is 0.507 e. The van der Waals surface area contributed by atoms with Gasteiger partial charge in [0.2, 0.25) is 5.91 Å². The number of thioether (sulfide) groups is 1. The fraction of sp³-hybridized carbons (Fsp3) is 0.160. The molecule has 168 valence electrons. The molecule has 3 aromatic carbocycles. The number of hydrogen-bond acceptors (Lipinski definition) is 6. The van der Waals surface area contributed by atoms with Crippen molar-refractivity contribution in [1.82, 2.24) is 14.8 Å². The van der Waals surface area contributed by atoms with Gasteiger partial charge < -0.3 is 15.2 Å². The van der Waals surface area contributed by atoms with E-state index in [1.807, 2.05) is 36.6 Å². The van der Waals surface area contributed by atoms with Crippen molar-refractivity contribution < 1.29 is 14.6 Å². The van der Waals surface area contributed by atoms with Crippen molar-refractivity contribution in [2.75, 3.05) is 18.2 Å². The van der Waals surface area contributed by atoms with Crippen molar-refractivity contribution in [3.05, 3.63) is 77.9 Å². The van der Waals surface area contributed by atoms with Crippen molar-refractivity contribution in [1.29, 1.82) is 0 Å². The van der Waals surface area contributed by atoms with Gasteiger partial charge in [0.15, 0.2) is 11.0 Å². The highest BCUT2D eigenvalue weighted by Crippen LogP contribution is 2.33. The number of aromatic hydroxyl groups is 1. The van der Waals surface area contributed by atoms with Crippen LogP contribution >= 0.6 is 11.8 Å². The Hall–Kier alpha value is -3.78. The number of anilines is 1. The highest BCUT2D eigenvalue weighted by Gasteiger charge is 2.20. The maximum atomic E-state index is 12.6. The molecule has 1 heterocycles. The smallest absolute Gasteiger partial charge is 0.234 e. The van der Waals surface area contributed by atoms with Gasteiger partial charge in [-0.2, -0.15) is 0 Å². The topological polar surface area (TPSA) is 89.3 Å². The third-order valence-electron chi connectivity index (χ3n) is 5.08. The Labute approximate surface area is 196 Å². The predicted octanol–water partition coefficient (Wildman–Crippen LogP) is 5.00. The Balaban J connectivity index is 1.62. The van der Waals surface area contributed by atoms with Crippen LogP contribution in [0.4, 0.5) is 5.69 Å². The molecule has 1 aromatic heterocycles. The molecule has 0 aliphatic heterocycles. The molecular weight excluding hydrogens is 436 g/mol. The van der Waals surface area contributed by atoms with Crippen LogP contribution < -0.4 is 10.1 Å². The minimum absolute atomic E-state index is 0.115. The highest BCUT2D eigenvalue weighted by atomic mass is 32.2. The summed E-state index contributed by atoms with van der Waals surface area (Å²) in [4.78, 5) is 12.6. The minimum atomic E-state index is -0.163. The zero-order valence-electron chi connectivity index (χ0n) is 18.6. The molecule has 4 aromatic rings. The van der Waals surface area contributed by atoms with Crippen molar-refractivity contribution in [3.63, 3.8) is 0 Å². The Morgan fingerprint density at radius 3 is 2.52 bits per heavy atom. The van der Waals surface area contributed by atoms with Gasteiger partial charge in [0.05, 0.1) is 24.1 Å². The summed E-state index contributed by atoms with van der Waals surface area (Å²) in [6.45, 7) is 4.05. The predicted molar refractivity (Wildman–Crippen MR) is 130 cm³/mol. The fourth-order valence-corrected chi connectivity index (χ4v) is 4.22. The summed E-state index contributed by atoms with van der Waals surface area (Å²) >= 11 is 1.28. The van der Waals surface area contributed by atoms with E-state index < -0.39 is 0 Å². The van der Waals surface area contributed by atoms with Crippen molar-refractivity contribution in [2.24, 2.45) is 0 Å². The van der Waals surface area contributed by atoms with Crippen LogP contribution in [-0.4, -0.2) is 38.6 Å². The third-order valence-corrected chi connectivity index (χ3v) is 6.01. The van der Waals surface area contributed by atoms with Gasteiger partial charge in [-0.05, 0) is 61.9 Å². The molecule has 0 radical (unpaired) electrons. The number of nitrogens with one attached hydrogen (secondary N) is 1. The first-order chi connectivity index (χ1) is 16.0. The lowest BCUT2D eigenvalue weighted by Gasteiger charge is -2.14. The second-order valence-electron chi connectivity index (χ2n) is 7.51. The molecule has 2 N–H and O–H groups in total. The molecule has 0 bridgehead atoms. The maximum absolute atomic E-state index is 12.6. The number of aryl methyl sites for hydroxylation is 2. The summed E-state index contributed by atoms with van der Waals surface area (Å²) in [5.74, 6) is 1.34. The van der Waals surface area contributed by atoms with E-state index in [0.29, 0.717) is 22.2 Å². The minimum Gasteiger partial charge on any atom is -0.507 e. The van der Waals surface area contributed by atoms with Gasteiger partial charge in [0.1, 0.15) is 11.5 Å². The standard InChI is InChI=1S/C25H24N4O3S/c1-16-8-13-21(17(2)14-16)29-24(20-6-4-5-7-22(20)30)27-28-25(29)33-15-23(31)26-18-9-11-19(32-3)12-10-18/h4-14,30H,15H2,1-3H3,(H,26,31). The number of methoxy groups -OCH3 is 1. The molecule has 0 spiro atoms. The third kappa shape index (κ3) is 5.01. The van der Waals surface area contributed by atoms with Crippen LogP contribution in [0.5, 0.6) is 11.5 Å². The van der Waals surface area contributed by atoms with E-state index in [9.17, 15) is 9.90 Å². The van der Waals surface area contributed by atoms with Gasteiger partial charge in [-0.3, -0.25) is 9.36 Å². The Bertz CT molecular complexity index is 1290. The molecule has 0 aliphatic rings. The van der Waals surface area contributed by atoms with Crippen LogP contribution in [0.25, 0.3) is 17.1 Å². The average Bonchev–Trinajstić information content (AvgIpc) is 3.22. The van der Waals surface area contributed by atoms with Crippen LogP contribution in [0.1, 0.15) is 11.1 Å². The molecule has 8 heteroatoms. The normalized spacial score (nSPS) is 10.8. The molecule has 0 aliphatic carbocycles. The first kappa shape index (κ1) is 22.4. The number of phenolic OH excluding ortho intramolecular Hbond substituents is 1. The van der Waals surface area contributed by atoms with Crippen molar-refractivity contribution in [2.45, 2.75) is 19.0 Å². The number of carbonyl (C=O) groups is 1. The lowest BCUT2D eigenvalue weighted by Crippen LogP contribution is -2.14. The van der Waals surface area contributed by atoms with Gasteiger partial charge in [-0.25, -0.2) is 0 Å². The average molecular weight is 461 g/mol. The van der Waals surface area contributed by atoms with E-state index in [4.69, 9.17) is 4.74 Å². The number of benzene rings is 3. The van der Waals surface area contributed by atoms with E-state index in [1.54, 1.807) is 49.6 Å². The quantitative estimate of drug-likeness (QED) is 0.378. The first-order valence-corrected chi connectivity index (χ1v) is 11.3. The van der Waals surface area contributed by atoms with Crippen molar-refractivity contribution in [3.8, 4) is 28.6 Å². The number of phenols is 1. The van der Waals surface area contributed by atoms with E-state index >= 15 is 0 Å². The lowest BCUT2D eigenvalue weighted by molar-refractivity contribution is -0.113. The second-order valence-corrected chi connectivity index (χ2v) is 8.46. The molecule has 0 saturated heterocycles. The molecule has 0 fully saturated rings. The zero-order valence-corrected chi connectivity index (χ0v) is 19.4. The van der Waals surface area contributed by atoms with Crippen molar-refractivity contribution >= 4 is 23.4 Å². The van der Waals surface area contributed by atoms with Crippen LogP contribution in [0.3, 0.4) is 0 Å². The summed E-state index contributed by atoms with van der Waals surface area (Å²) < 4.78 is 7.03. The van der Waals surface area contributed by atoms with Gasteiger partial charge in [0, 0.05) is 5.69 Å². The summed E-state index contributed by atoms with van der Waals surface area (Å²) in [6, 6.07) is 20.3.